The van der Waals surface area contributed by atoms with Crippen LogP contribution in [0.3, 0.4) is 0 Å². The standard InChI is InChI=1S/C34H48/c1-4-6-8-28-9-15-30(16-10-28)26(3)25-29-13-19-32(20-14-29)34-23-21-33(22-24-34)31-17-11-27(7-5-2)12-18-31/h4,9-10,13-16,19-20,26-27,31,33-34H,1,5-8,11-12,17-18,21-25H2,2-3H3/t26-,27?,31?,33?,34?/m1/s1. The topological polar surface area (TPSA) is 0 Å². The first kappa shape index (κ1) is 25.3. The molecule has 0 spiro atoms. The van der Waals surface area contributed by atoms with Crippen molar-refractivity contribution in [1.82, 2.24) is 0 Å². The van der Waals surface area contributed by atoms with Crippen LogP contribution in [-0.2, 0) is 12.8 Å². The summed E-state index contributed by atoms with van der Waals surface area (Å²) in [4.78, 5) is 0. The van der Waals surface area contributed by atoms with Gasteiger partial charge >= 0.3 is 0 Å². The van der Waals surface area contributed by atoms with Gasteiger partial charge in [-0.1, -0.05) is 94.1 Å². The summed E-state index contributed by atoms with van der Waals surface area (Å²) in [7, 11) is 0. The molecule has 184 valence electrons. The highest BCUT2D eigenvalue weighted by Crippen LogP contribution is 2.44. The molecule has 0 heterocycles. The zero-order valence-corrected chi connectivity index (χ0v) is 22.0. The highest BCUT2D eigenvalue weighted by molar-refractivity contribution is 5.30. The molecule has 4 rings (SSSR count). The highest BCUT2D eigenvalue weighted by atomic mass is 14.4. The van der Waals surface area contributed by atoms with Crippen LogP contribution >= 0.6 is 0 Å². The first-order valence-corrected chi connectivity index (χ1v) is 14.4. The van der Waals surface area contributed by atoms with E-state index >= 15 is 0 Å². The molecule has 0 aliphatic heterocycles. The summed E-state index contributed by atoms with van der Waals surface area (Å²) in [5, 5.41) is 0. The van der Waals surface area contributed by atoms with Crippen LogP contribution in [0.25, 0.3) is 0 Å². The van der Waals surface area contributed by atoms with Gasteiger partial charge in [0.25, 0.3) is 0 Å². The van der Waals surface area contributed by atoms with Gasteiger partial charge in [0.2, 0.25) is 0 Å². The Hall–Kier alpha value is -1.82. The van der Waals surface area contributed by atoms with E-state index in [0.29, 0.717) is 5.92 Å². The van der Waals surface area contributed by atoms with Crippen LogP contribution < -0.4 is 0 Å². The molecule has 1 atom stereocenters. The second-order valence-electron chi connectivity index (χ2n) is 11.6. The summed E-state index contributed by atoms with van der Waals surface area (Å²) in [5.74, 6) is 4.45. The zero-order chi connectivity index (χ0) is 23.8. The fourth-order valence-corrected chi connectivity index (χ4v) is 6.96. The van der Waals surface area contributed by atoms with Crippen molar-refractivity contribution < 1.29 is 0 Å². The Morgan fingerprint density at radius 2 is 1.38 bits per heavy atom. The third-order valence-electron chi connectivity index (χ3n) is 9.21. The molecule has 0 aromatic heterocycles. The highest BCUT2D eigenvalue weighted by Gasteiger charge is 2.31. The number of rotatable bonds is 10. The van der Waals surface area contributed by atoms with Gasteiger partial charge in [-0.05, 0) is 110 Å². The van der Waals surface area contributed by atoms with Crippen molar-refractivity contribution in [1.29, 1.82) is 0 Å². The largest absolute Gasteiger partial charge is 0.103 e. The van der Waals surface area contributed by atoms with Crippen LogP contribution in [0.5, 0.6) is 0 Å². The summed E-state index contributed by atoms with van der Waals surface area (Å²) < 4.78 is 0. The van der Waals surface area contributed by atoms with Crippen molar-refractivity contribution >= 4 is 0 Å². The summed E-state index contributed by atoms with van der Waals surface area (Å²) in [5.41, 5.74) is 5.94. The van der Waals surface area contributed by atoms with E-state index in [0.717, 1.165) is 42.9 Å². The maximum Gasteiger partial charge on any atom is -0.0150 e. The van der Waals surface area contributed by atoms with Crippen LogP contribution in [-0.4, -0.2) is 0 Å². The van der Waals surface area contributed by atoms with E-state index in [1.807, 2.05) is 6.08 Å². The van der Waals surface area contributed by atoms with Crippen molar-refractivity contribution in [3.8, 4) is 0 Å². The van der Waals surface area contributed by atoms with Gasteiger partial charge in [0.1, 0.15) is 0 Å². The summed E-state index contributed by atoms with van der Waals surface area (Å²) in [6.07, 6.45) is 19.9. The maximum atomic E-state index is 3.83. The number of hydrogen-bond acceptors (Lipinski definition) is 0. The predicted molar refractivity (Wildman–Crippen MR) is 149 cm³/mol. The van der Waals surface area contributed by atoms with E-state index in [1.165, 1.54) is 80.9 Å². The molecule has 0 unspecified atom stereocenters. The third-order valence-corrected chi connectivity index (χ3v) is 9.21. The Morgan fingerprint density at radius 1 is 0.794 bits per heavy atom. The Balaban J connectivity index is 1.23. The molecule has 0 N–H and O–H groups in total. The van der Waals surface area contributed by atoms with Crippen LogP contribution in [0.2, 0.25) is 0 Å². The molecule has 2 fully saturated rings. The van der Waals surface area contributed by atoms with E-state index in [1.54, 1.807) is 5.56 Å². The molecule has 2 aliphatic rings. The van der Waals surface area contributed by atoms with Gasteiger partial charge in [0.05, 0.1) is 0 Å². The van der Waals surface area contributed by atoms with E-state index in [2.05, 4.69) is 69.0 Å². The van der Waals surface area contributed by atoms with Gasteiger partial charge < -0.3 is 0 Å². The Kier molecular flexibility index (Phi) is 9.49. The van der Waals surface area contributed by atoms with E-state index in [-0.39, 0.29) is 0 Å². The van der Waals surface area contributed by atoms with Crippen molar-refractivity contribution in [2.24, 2.45) is 17.8 Å². The average Bonchev–Trinajstić information content (AvgIpc) is 2.89. The lowest BCUT2D eigenvalue weighted by Crippen LogP contribution is -2.25. The fourth-order valence-electron chi connectivity index (χ4n) is 6.96. The minimum atomic E-state index is 0.558. The number of aryl methyl sites for hydroxylation is 1. The zero-order valence-electron chi connectivity index (χ0n) is 22.0. The van der Waals surface area contributed by atoms with Crippen LogP contribution in [0, 0.1) is 17.8 Å². The molecule has 0 amide bonds. The molecular weight excluding hydrogens is 408 g/mol. The first-order valence-electron chi connectivity index (χ1n) is 14.4. The van der Waals surface area contributed by atoms with Gasteiger partial charge in [-0.2, -0.15) is 0 Å². The monoisotopic (exact) mass is 456 g/mol. The molecule has 0 saturated heterocycles. The summed E-state index contributed by atoms with van der Waals surface area (Å²) in [6, 6.07) is 19.0. The van der Waals surface area contributed by atoms with Crippen LogP contribution in [0.15, 0.2) is 61.2 Å². The van der Waals surface area contributed by atoms with Crippen LogP contribution in [0.4, 0.5) is 0 Å². The molecule has 2 aliphatic carbocycles. The van der Waals surface area contributed by atoms with E-state index in [4.69, 9.17) is 0 Å². The van der Waals surface area contributed by atoms with Crippen molar-refractivity contribution in [2.75, 3.05) is 0 Å². The second-order valence-corrected chi connectivity index (χ2v) is 11.6. The molecule has 2 saturated carbocycles. The Morgan fingerprint density at radius 3 is 1.97 bits per heavy atom. The molecule has 34 heavy (non-hydrogen) atoms. The summed E-state index contributed by atoms with van der Waals surface area (Å²) >= 11 is 0. The van der Waals surface area contributed by atoms with E-state index < -0.39 is 0 Å². The normalized spacial score (nSPS) is 26.2. The van der Waals surface area contributed by atoms with Crippen molar-refractivity contribution in [3.05, 3.63) is 83.4 Å². The molecular formula is C34H48. The lowest BCUT2D eigenvalue weighted by atomic mass is 9.68. The van der Waals surface area contributed by atoms with Crippen LogP contribution in [0.1, 0.15) is 119 Å². The van der Waals surface area contributed by atoms with Crippen molar-refractivity contribution in [2.45, 2.75) is 109 Å². The quantitative estimate of drug-likeness (QED) is 0.312. The molecule has 0 heteroatoms. The lowest BCUT2D eigenvalue weighted by Gasteiger charge is -2.38. The van der Waals surface area contributed by atoms with Gasteiger partial charge in [0.15, 0.2) is 0 Å². The second kappa shape index (κ2) is 12.8. The Bertz CT molecular complexity index is 842. The van der Waals surface area contributed by atoms with E-state index in [9.17, 15) is 0 Å². The predicted octanol–water partition coefficient (Wildman–Crippen LogP) is 10.0. The SMILES string of the molecule is C=CCCc1ccc([C@H](C)Cc2ccc(C3CCC(C4CCC(CCC)CC4)CC3)cc2)cc1. The minimum Gasteiger partial charge on any atom is -0.103 e. The Labute approximate surface area is 210 Å². The number of allylic oxidation sites excluding steroid dienone is 1. The molecule has 0 bridgehead atoms. The maximum absolute atomic E-state index is 3.83. The minimum absolute atomic E-state index is 0.558. The lowest BCUT2D eigenvalue weighted by molar-refractivity contribution is 0.156. The van der Waals surface area contributed by atoms with Gasteiger partial charge in [-0.15, -0.1) is 6.58 Å². The molecule has 0 nitrogen and oxygen atoms in total. The molecule has 0 radical (unpaired) electrons. The smallest absolute Gasteiger partial charge is 0.0150 e. The van der Waals surface area contributed by atoms with Crippen molar-refractivity contribution in [3.63, 3.8) is 0 Å². The van der Waals surface area contributed by atoms with Gasteiger partial charge in [-0.3, -0.25) is 0 Å². The molecule has 2 aromatic rings. The third kappa shape index (κ3) is 6.87. The van der Waals surface area contributed by atoms with Gasteiger partial charge in [-0.25, -0.2) is 0 Å². The van der Waals surface area contributed by atoms with Gasteiger partial charge in [0, 0.05) is 0 Å². The number of benzene rings is 2. The summed E-state index contributed by atoms with van der Waals surface area (Å²) in [6.45, 7) is 8.55. The first-order chi connectivity index (χ1) is 16.7. The number of hydrogen-bond donors (Lipinski definition) is 0. The molecule has 2 aromatic carbocycles. The average molecular weight is 457 g/mol. The fraction of sp³-hybridized carbons (Fsp3) is 0.588.